The van der Waals surface area contributed by atoms with Crippen LogP contribution >= 0.6 is 11.8 Å². The minimum atomic E-state index is -0.616. The predicted octanol–water partition coefficient (Wildman–Crippen LogP) is 0.518. The van der Waals surface area contributed by atoms with Gasteiger partial charge in [-0.05, 0) is 25.6 Å². The van der Waals surface area contributed by atoms with Crippen molar-refractivity contribution in [2.45, 2.75) is 30.1 Å². The van der Waals surface area contributed by atoms with Crippen molar-refractivity contribution in [3.8, 4) is 0 Å². The molecule has 0 spiro atoms. The molecule has 0 unspecified atom stereocenters. The molecule has 0 radical (unpaired) electrons. The third kappa shape index (κ3) is 2.74. The van der Waals surface area contributed by atoms with Gasteiger partial charge in [0.2, 0.25) is 5.95 Å². The summed E-state index contributed by atoms with van der Waals surface area (Å²) < 4.78 is 15.0. The summed E-state index contributed by atoms with van der Waals surface area (Å²) in [4.78, 5) is 19.0. The monoisotopic (exact) mass is 285 g/mol. The molecule has 8 nitrogen and oxygen atoms in total. The molecule has 0 aromatic carbocycles. The molecule has 10 heteroatoms. The molecule has 0 aliphatic carbocycles. The van der Waals surface area contributed by atoms with E-state index in [1.165, 1.54) is 4.57 Å². The molecule has 0 bridgehead atoms. The minimum absolute atomic E-state index is 0.0313. The Bertz CT molecular complexity index is 638. The Morgan fingerprint density at radius 1 is 1.58 bits per heavy atom. The zero-order valence-corrected chi connectivity index (χ0v) is 11.0. The van der Waals surface area contributed by atoms with Crippen LogP contribution in [-0.4, -0.2) is 24.7 Å². The highest BCUT2D eigenvalue weighted by Crippen LogP contribution is 2.27. The van der Waals surface area contributed by atoms with E-state index in [9.17, 15) is 9.18 Å². The number of hydrogen-bond acceptors (Lipinski definition) is 7. The van der Waals surface area contributed by atoms with Gasteiger partial charge in [-0.25, -0.2) is 30.1 Å². The first-order valence-corrected chi connectivity index (χ1v) is 6.18. The Balaban J connectivity index is 2.39. The Labute approximate surface area is 111 Å². The van der Waals surface area contributed by atoms with Crippen molar-refractivity contribution in [3.63, 3.8) is 0 Å². The van der Waals surface area contributed by atoms with Crippen molar-refractivity contribution >= 4 is 17.7 Å². The van der Waals surface area contributed by atoms with Crippen molar-refractivity contribution in [2.24, 2.45) is 5.84 Å². The third-order valence-corrected chi connectivity index (χ3v) is 3.17. The summed E-state index contributed by atoms with van der Waals surface area (Å²) in [6, 6.07) is -0.106. The van der Waals surface area contributed by atoms with Gasteiger partial charge in [0.1, 0.15) is 5.03 Å². The van der Waals surface area contributed by atoms with Crippen molar-refractivity contribution in [3.05, 3.63) is 22.5 Å². The topological polar surface area (TPSA) is 115 Å². The Hall–Kier alpha value is -1.94. The van der Waals surface area contributed by atoms with Crippen molar-refractivity contribution < 1.29 is 4.39 Å². The maximum Gasteiger partial charge on any atom is 0.344 e. The number of nitrogens with two attached hydrogens (primary N) is 1. The molecular formula is C9H12FN7OS. The SMILES string of the molecule is CC(C)n1c(Sc2nc(NN)ncc2F)n[nH]c1=O. The number of aromatic amines is 1. The summed E-state index contributed by atoms with van der Waals surface area (Å²) in [6.45, 7) is 3.65. The summed E-state index contributed by atoms with van der Waals surface area (Å²) in [5.74, 6) is 4.63. The van der Waals surface area contributed by atoms with Crippen LogP contribution in [0.25, 0.3) is 0 Å². The first-order chi connectivity index (χ1) is 9.02. The van der Waals surface area contributed by atoms with Crippen LogP contribution in [0.4, 0.5) is 10.3 Å². The van der Waals surface area contributed by atoms with Crippen LogP contribution in [-0.2, 0) is 0 Å². The molecule has 2 heterocycles. The van der Waals surface area contributed by atoms with Crippen LogP contribution in [0.2, 0.25) is 0 Å². The van der Waals surface area contributed by atoms with Gasteiger partial charge in [-0.2, -0.15) is 0 Å². The molecule has 0 aliphatic rings. The molecule has 0 fully saturated rings. The maximum atomic E-state index is 13.6. The lowest BCUT2D eigenvalue weighted by atomic mass is 10.4. The van der Waals surface area contributed by atoms with E-state index >= 15 is 0 Å². The lowest BCUT2D eigenvalue weighted by molar-refractivity contribution is 0.532. The van der Waals surface area contributed by atoms with Gasteiger partial charge in [-0.15, -0.1) is 5.10 Å². The normalized spacial score (nSPS) is 11.0. The molecule has 0 saturated heterocycles. The molecule has 2 rings (SSSR count). The number of halogens is 1. The lowest BCUT2D eigenvalue weighted by Crippen LogP contribution is -2.19. The van der Waals surface area contributed by atoms with E-state index < -0.39 is 5.82 Å². The van der Waals surface area contributed by atoms with Gasteiger partial charge in [0, 0.05) is 6.04 Å². The molecule has 2 aromatic rings. The second kappa shape index (κ2) is 5.36. The molecular weight excluding hydrogens is 273 g/mol. The number of nitrogen functional groups attached to an aromatic ring is 1. The highest BCUT2D eigenvalue weighted by molar-refractivity contribution is 7.99. The van der Waals surface area contributed by atoms with Gasteiger partial charge in [0.15, 0.2) is 11.0 Å². The van der Waals surface area contributed by atoms with Crippen LogP contribution in [0.1, 0.15) is 19.9 Å². The van der Waals surface area contributed by atoms with Crippen LogP contribution in [0.5, 0.6) is 0 Å². The molecule has 0 saturated carbocycles. The number of aromatic nitrogens is 5. The highest BCUT2D eigenvalue weighted by Gasteiger charge is 2.16. The average Bonchev–Trinajstić information content (AvgIpc) is 2.73. The number of nitrogens with zero attached hydrogens (tertiary/aromatic N) is 4. The summed E-state index contributed by atoms with van der Waals surface area (Å²) >= 11 is 0.918. The lowest BCUT2D eigenvalue weighted by Gasteiger charge is -2.08. The predicted molar refractivity (Wildman–Crippen MR) is 67.2 cm³/mol. The zero-order chi connectivity index (χ0) is 14.0. The van der Waals surface area contributed by atoms with Gasteiger partial charge >= 0.3 is 5.69 Å². The van der Waals surface area contributed by atoms with E-state index in [1.54, 1.807) is 0 Å². The van der Waals surface area contributed by atoms with Gasteiger partial charge < -0.3 is 0 Å². The highest BCUT2D eigenvalue weighted by atomic mass is 32.2. The average molecular weight is 285 g/mol. The van der Waals surface area contributed by atoms with E-state index in [0.717, 1.165) is 18.0 Å². The van der Waals surface area contributed by atoms with Crippen LogP contribution in [0, 0.1) is 5.82 Å². The van der Waals surface area contributed by atoms with Crippen LogP contribution in [0.15, 0.2) is 21.2 Å². The summed E-state index contributed by atoms with van der Waals surface area (Å²) in [7, 11) is 0. The smallest absolute Gasteiger partial charge is 0.292 e. The number of nitrogens with one attached hydrogen (secondary N) is 2. The maximum absolute atomic E-state index is 13.6. The molecule has 102 valence electrons. The van der Waals surface area contributed by atoms with Gasteiger partial charge in [0.25, 0.3) is 0 Å². The summed E-state index contributed by atoms with van der Waals surface area (Å²) in [5, 5.41) is 6.51. The molecule has 4 N–H and O–H groups in total. The number of anilines is 1. The molecule has 0 amide bonds. The number of H-pyrrole nitrogens is 1. The molecule has 0 atom stereocenters. The van der Waals surface area contributed by atoms with Crippen LogP contribution in [0.3, 0.4) is 0 Å². The molecule has 0 aliphatic heterocycles. The fraction of sp³-hybridized carbons (Fsp3) is 0.333. The van der Waals surface area contributed by atoms with E-state index in [0.29, 0.717) is 5.16 Å². The van der Waals surface area contributed by atoms with E-state index in [2.05, 4.69) is 25.6 Å². The number of rotatable bonds is 4. The Kier molecular flexibility index (Phi) is 3.81. The van der Waals surface area contributed by atoms with Gasteiger partial charge in [0.05, 0.1) is 6.20 Å². The van der Waals surface area contributed by atoms with Gasteiger partial charge in [-0.3, -0.25) is 9.99 Å². The summed E-state index contributed by atoms with van der Waals surface area (Å²) in [5.41, 5.74) is 1.87. The Morgan fingerprint density at radius 2 is 2.32 bits per heavy atom. The quantitative estimate of drug-likeness (QED) is 0.426. The second-order valence-electron chi connectivity index (χ2n) is 3.87. The van der Waals surface area contributed by atoms with Crippen molar-refractivity contribution in [1.82, 2.24) is 24.7 Å². The van der Waals surface area contributed by atoms with E-state index in [-0.39, 0.29) is 22.7 Å². The fourth-order valence-electron chi connectivity index (χ4n) is 1.40. The van der Waals surface area contributed by atoms with E-state index in [1.807, 2.05) is 13.8 Å². The summed E-state index contributed by atoms with van der Waals surface area (Å²) in [6.07, 6.45) is 0.995. The van der Waals surface area contributed by atoms with Crippen molar-refractivity contribution in [2.75, 3.05) is 5.43 Å². The molecule has 2 aromatic heterocycles. The fourth-order valence-corrected chi connectivity index (χ4v) is 2.34. The largest absolute Gasteiger partial charge is 0.344 e. The first-order valence-electron chi connectivity index (χ1n) is 5.37. The number of hydrogen-bond donors (Lipinski definition) is 3. The standard InChI is InChI=1S/C9H12FN7OS/c1-4(2)17-8(18)15-16-9(17)19-6-5(10)3-12-7(13-6)14-11/h3-4H,11H2,1-2H3,(H,15,18)(H,12,13,14). The third-order valence-electron chi connectivity index (χ3n) is 2.22. The second-order valence-corrected chi connectivity index (χ2v) is 4.82. The first kappa shape index (κ1) is 13.5. The molecule has 19 heavy (non-hydrogen) atoms. The Morgan fingerprint density at radius 3 is 2.95 bits per heavy atom. The minimum Gasteiger partial charge on any atom is -0.292 e. The zero-order valence-electron chi connectivity index (χ0n) is 10.2. The van der Waals surface area contributed by atoms with Gasteiger partial charge in [-0.1, -0.05) is 0 Å². The van der Waals surface area contributed by atoms with Crippen molar-refractivity contribution in [1.29, 1.82) is 0 Å². The number of hydrazine groups is 1. The van der Waals surface area contributed by atoms with Crippen LogP contribution < -0.4 is 17.0 Å². The van der Waals surface area contributed by atoms with E-state index in [4.69, 9.17) is 5.84 Å².